The van der Waals surface area contributed by atoms with Gasteiger partial charge in [0, 0.05) is 30.4 Å². The number of amides is 1. The maximum atomic E-state index is 12.0. The fourth-order valence-corrected chi connectivity index (χ4v) is 2.97. The standard InChI is InChI=1S/C13H20N2OS.ClH/c1-14-11-6-8-15(9-7-11)13(16)5-4-12-3-2-10-17-12;/h2-3,10-11,14H,4-9H2,1H3;1H. The Balaban J connectivity index is 0.00000162. The molecule has 0 unspecified atom stereocenters. The van der Waals surface area contributed by atoms with Crippen molar-refractivity contribution in [3.05, 3.63) is 22.4 Å². The summed E-state index contributed by atoms with van der Waals surface area (Å²) in [7, 11) is 2.00. The van der Waals surface area contributed by atoms with E-state index < -0.39 is 0 Å². The number of nitrogens with one attached hydrogen (secondary N) is 1. The number of hydrogen-bond acceptors (Lipinski definition) is 3. The third-order valence-electron chi connectivity index (χ3n) is 3.42. The number of hydrogen-bond donors (Lipinski definition) is 1. The molecule has 0 radical (unpaired) electrons. The van der Waals surface area contributed by atoms with Gasteiger partial charge in [-0.3, -0.25) is 4.79 Å². The van der Waals surface area contributed by atoms with Gasteiger partial charge < -0.3 is 10.2 Å². The summed E-state index contributed by atoms with van der Waals surface area (Å²) in [5.74, 6) is 0.313. The minimum absolute atomic E-state index is 0. The predicted molar refractivity (Wildman–Crippen MR) is 78.5 cm³/mol. The Morgan fingerprint density at radius 2 is 2.22 bits per heavy atom. The van der Waals surface area contributed by atoms with Crippen LogP contribution >= 0.6 is 23.7 Å². The van der Waals surface area contributed by atoms with Crippen molar-refractivity contribution in [1.82, 2.24) is 10.2 Å². The van der Waals surface area contributed by atoms with Gasteiger partial charge in [-0.05, 0) is 37.8 Å². The molecule has 2 rings (SSSR count). The summed E-state index contributed by atoms with van der Waals surface area (Å²) in [4.78, 5) is 15.3. The highest BCUT2D eigenvalue weighted by Gasteiger charge is 2.21. The lowest BCUT2D eigenvalue weighted by atomic mass is 10.0. The number of carbonyl (C=O) groups excluding carboxylic acids is 1. The lowest BCUT2D eigenvalue weighted by Gasteiger charge is -2.31. The number of thiophene rings is 1. The van der Waals surface area contributed by atoms with E-state index in [0.717, 1.165) is 32.4 Å². The highest BCUT2D eigenvalue weighted by atomic mass is 35.5. The van der Waals surface area contributed by atoms with Crippen molar-refractivity contribution in [2.45, 2.75) is 31.7 Å². The molecule has 0 atom stereocenters. The lowest BCUT2D eigenvalue weighted by Crippen LogP contribution is -2.44. The maximum absolute atomic E-state index is 12.0. The van der Waals surface area contributed by atoms with Crippen molar-refractivity contribution in [1.29, 1.82) is 0 Å². The van der Waals surface area contributed by atoms with Crippen LogP contribution in [-0.4, -0.2) is 37.0 Å². The van der Waals surface area contributed by atoms with Gasteiger partial charge in [-0.1, -0.05) is 6.07 Å². The number of piperidine rings is 1. The van der Waals surface area contributed by atoms with Gasteiger partial charge in [-0.15, -0.1) is 23.7 Å². The number of carbonyl (C=O) groups is 1. The van der Waals surface area contributed by atoms with E-state index in [1.807, 2.05) is 18.0 Å². The van der Waals surface area contributed by atoms with Gasteiger partial charge in [0.2, 0.25) is 5.91 Å². The van der Waals surface area contributed by atoms with Gasteiger partial charge >= 0.3 is 0 Å². The normalized spacial score (nSPS) is 16.4. The lowest BCUT2D eigenvalue weighted by molar-refractivity contribution is -0.132. The van der Waals surface area contributed by atoms with E-state index in [9.17, 15) is 4.79 Å². The molecule has 0 aliphatic carbocycles. The zero-order valence-electron chi connectivity index (χ0n) is 10.7. The van der Waals surface area contributed by atoms with E-state index in [1.54, 1.807) is 11.3 Å². The van der Waals surface area contributed by atoms with Crippen molar-refractivity contribution in [2.75, 3.05) is 20.1 Å². The molecule has 3 nitrogen and oxygen atoms in total. The topological polar surface area (TPSA) is 32.3 Å². The first-order valence-electron chi connectivity index (χ1n) is 6.27. The quantitative estimate of drug-likeness (QED) is 0.922. The van der Waals surface area contributed by atoms with E-state index in [0.29, 0.717) is 18.4 Å². The third-order valence-corrected chi connectivity index (χ3v) is 4.36. The van der Waals surface area contributed by atoms with Crippen LogP contribution in [0.1, 0.15) is 24.1 Å². The van der Waals surface area contributed by atoms with E-state index in [1.165, 1.54) is 4.88 Å². The van der Waals surface area contributed by atoms with Gasteiger partial charge in [0.15, 0.2) is 0 Å². The highest BCUT2D eigenvalue weighted by molar-refractivity contribution is 7.09. The molecule has 5 heteroatoms. The van der Waals surface area contributed by atoms with Crippen LogP contribution in [-0.2, 0) is 11.2 Å². The molecule has 0 bridgehead atoms. The van der Waals surface area contributed by atoms with Gasteiger partial charge in [0.25, 0.3) is 0 Å². The molecular weight excluding hydrogens is 268 g/mol. The fourth-order valence-electron chi connectivity index (χ4n) is 2.26. The van der Waals surface area contributed by atoms with Crippen molar-refractivity contribution in [3.8, 4) is 0 Å². The van der Waals surface area contributed by atoms with Crippen LogP contribution in [0.3, 0.4) is 0 Å². The van der Waals surface area contributed by atoms with Gasteiger partial charge in [-0.2, -0.15) is 0 Å². The molecular formula is C13H21ClN2OS. The molecule has 1 N–H and O–H groups in total. The number of halogens is 1. The van der Waals surface area contributed by atoms with Gasteiger partial charge in [-0.25, -0.2) is 0 Å². The van der Waals surface area contributed by atoms with E-state index in [-0.39, 0.29) is 12.4 Å². The summed E-state index contributed by atoms with van der Waals surface area (Å²) in [6.45, 7) is 1.82. The SMILES string of the molecule is CNC1CCN(C(=O)CCc2cccs2)CC1.Cl. The monoisotopic (exact) mass is 288 g/mol. The molecule has 2 heterocycles. The average Bonchev–Trinajstić information content (AvgIpc) is 2.89. The third kappa shape index (κ3) is 4.26. The van der Waals surface area contributed by atoms with Crippen molar-refractivity contribution < 1.29 is 4.79 Å². The van der Waals surface area contributed by atoms with E-state index >= 15 is 0 Å². The van der Waals surface area contributed by atoms with E-state index in [2.05, 4.69) is 16.8 Å². The molecule has 1 saturated heterocycles. The summed E-state index contributed by atoms with van der Waals surface area (Å²) in [6, 6.07) is 4.74. The first-order chi connectivity index (χ1) is 8.29. The Morgan fingerprint density at radius 1 is 1.50 bits per heavy atom. The largest absolute Gasteiger partial charge is 0.343 e. The molecule has 1 amide bonds. The predicted octanol–water partition coefficient (Wildman–Crippen LogP) is 2.31. The molecule has 18 heavy (non-hydrogen) atoms. The number of rotatable bonds is 4. The minimum atomic E-state index is 0. The molecule has 0 spiro atoms. The van der Waals surface area contributed by atoms with E-state index in [4.69, 9.17) is 0 Å². The average molecular weight is 289 g/mol. The van der Waals surface area contributed by atoms with Gasteiger partial charge in [0.1, 0.15) is 0 Å². The molecule has 0 saturated carbocycles. The smallest absolute Gasteiger partial charge is 0.222 e. The van der Waals surface area contributed by atoms with Crippen LogP contribution in [0.2, 0.25) is 0 Å². The Labute approximate surface area is 119 Å². The maximum Gasteiger partial charge on any atom is 0.222 e. The van der Waals surface area contributed by atoms with Crippen LogP contribution in [0.4, 0.5) is 0 Å². The first kappa shape index (κ1) is 15.5. The summed E-state index contributed by atoms with van der Waals surface area (Å²) >= 11 is 1.73. The van der Waals surface area contributed by atoms with Crippen LogP contribution in [0.25, 0.3) is 0 Å². The molecule has 102 valence electrons. The summed E-state index contributed by atoms with van der Waals surface area (Å²) in [5.41, 5.74) is 0. The fraction of sp³-hybridized carbons (Fsp3) is 0.615. The van der Waals surface area contributed by atoms with Crippen LogP contribution in [0, 0.1) is 0 Å². The first-order valence-corrected chi connectivity index (χ1v) is 7.15. The van der Waals surface area contributed by atoms with Crippen LogP contribution < -0.4 is 5.32 Å². The highest BCUT2D eigenvalue weighted by Crippen LogP contribution is 2.14. The Kier molecular flexibility index (Phi) is 6.68. The molecule has 1 aromatic heterocycles. The molecule has 0 aromatic carbocycles. The molecule has 1 aliphatic rings. The van der Waals surface area contributed by atoms with Crippen LogP contribution in [0.5, 0.6) is 0 Å². The van der Waals surface area contributed by atoms with Gasteiger partial charge in [0.05, 0.1) is 0 Å². The summed E-state index contributed by atoms with van der Waals surface area (Å²) in [5, 5.41) is 5.35. The minimum Gasteiger partial charge on any atom is -0.343 e. The second kappa shape index (κ2) is 7.77. The summed E-state index contributed by atoms with van der Waals surface area (Å²) < 4.78 is 0. The zero-order chi connectivity index (χ0) is 12.1. The molecule has 1 fully saturated rings. The van der Waals surface area contributed by atoms with Crippen LogP contribution in [0.15, 0.2) is 17.5 Å². The Hall–Kier alpha value is -0.580. The Morgan fingerprint density at radius 3 is 2.78 bits per heavy atom. The van der Waals surface area contributed by atoms with Crippen molar-refractivity contribution >= 4 is 29.7 Å². The van der Waals surface area contributed by atoms with Crippen molar-refractivity contribution in [2.24, 2.45) is 0 Å². The number of nitrogens with zero attached hydrogens (tertiary/aromatic N) is 1. The molecule has 1 aromatic rings. The molecule has 1 aliphatic heterocycles. The zero-order valence-corrected chi connectivity index (χ0v) is 12.4. The second-order valence-corrected chi connectivity index (χ2v) is 5.56. The second-order valence-electron chi connectivity index (χ2n) is 4.52. The number of aryl methyl sites for hydroxylation is 1. The Bertz CT molecular complexity index is 348. The van der Waals surface area contributed by atoms with Crippen molar-refractivity contribution in [3.63, 3.8) is 0 Å². The summed E-state index contributed by atoms with van der Waals surface area (Å²) in [6.07, 6.45) is 3.72. The number of likely N-dealkylation sites (tertiary alicyclic amines) is 1.